The zero-order valence-electron chi connectivity index (χ0n) is 6.35. The van der Waals surface area contributed by atoms with Crippen molar-refractivity contribution in [3.63, 3.8) is 0 Å². The van der Waals surface area contributed by atoms with Crippen LogP contribution in [-0.2, 0) is 26.2 Å². The SMILES string of the molecule is O=C(O)c1cc(O)c(O)c(O)c1.[Zr]. The van der Waals surface area contributed by atoms with Gasteiger partial charge in [-0.2, -0.15) is 0 Å². The van der Waals surface area contributed by atoms with Crippen LogP contribution in [0.4, 0.5) is 0 Å². The summed E-state index contributed by atoms with van der Waals surface area (Å²) >= 11 is 0. The number of hydrogen-bond donors (Lipinski definition) is 4. The first-order valence-corrected chi connectivity index (χ1v) is 3.00. The Morgan fingerprint density at radius 3 is 1.77 bits per heavy atom. The number of phenolic OH excluding ortho intramolecular Hbond substituents is 3. The third-order valence-corrected chi connectivity index (χ3v) is 1.32. The third kappa shape index (κ3) is 2.45. The minimum Gasteiger partial charge on any atom is -0.504 e. The van der Waals surface area contributed by atoms with Crippen molar-refractivity contribution in [3.05, 3.63) is 17.7 Å². The van der Waals surface area contributed by atoms with Gasteiger partial charge >= 0.3 is 5.97 Å². The first-order chi connectivity index (χ1) is 5.52. The van der Waals surface area contributed by atoms with Gasteiger partial charge in [0.05, 0.1) is 5.56 Å². The minimum atomic E-state index is -1.29. The number of benzene rings is 1. The number of rotatable bonds is 1. The van der Waals surface area contributed by atoms with Crippen molar-refractivity contribution < 1.29 is 51.4 Å². The zero-order chi connectivity index (χ0) is 9.30. The van der Waals surface area contributed by atoms with Crippen LogP contribution in [0.2, 0.25) is 0 Å². The average Bonchev–Trinajstić information content (AvgIpc) is 1.99. The maximum Gasteiger partial charge on any atom is 0.335 e. The van der Waals surface area contributed by atoms with E-state index in [0.717, 1.165) is 12.1 Å². The number of carboxylic acid groups (broad SMARTS) is 1. The van der Waals surface area contributed by atoms with Crippen LogP contribution < -0.4 is 0 Å². The van der Waals surface area contributed by atoms with Gasteiger partial charge in [-0.15, -0.1) is 0 Å². The molecule has 0 aliphatic rings. The first-order valence-electron chi connectivity index (χ1n) is 3.00. The molecule has 0 bridgehead atoms. The summed E-state index contributed by atoms with van der Waals surface area (Å²) in [6.45, 7) is 0. The number of phenols is 3. The summed E-state index contributed by atoms with van der Waals surface area (Å²) in [5.41, 5.74) is -0.289. The largest absolute Gasteiger partial charge is 0.504 e. The van der Waals surface area contributed by atoms with Gasteiger partial charge in [0.15, 0.2) is 17.2 Å². The second kappa shape index (κ2) is 4.28. The number of aromatic carboxylic acids is 1. The van der Waals surface area contributed by atoms with Crippen LogP contribution in [0.15, 0.2) is 12.1 Å². The second-order valence-electron chi connectivity index (χ2n) is 2.17. The van der Waals surface area contributed by atoms with Crippen molar-refractivity contribution in [2.75, 3.05) is 0 Å². The fourth-order valence-electron chi connectivity index (χ4n) is 0.728. The molecule has 6 heteroatoms. The molecule has 0 fully saturated rings. The Morgan fingerprint density at radius 1 is 1.08 bits per heavy atom. The van der Waals surface area contributed by atoms with Gasteiger partial charge in [0, 0.05) is 26.2 Å². The maximum absolute atomic E-state index is 10.3. The zero-order valence-corrected chi connectivity index (χ0v) is 8.81. The Bertz CT molecular complexity index is 313. The molecule has 0 aliphatic carbocycles. The summed E-state index contributed by atoms with van der Waals surface area (Å²) in [6.07, 6.45) is 0. The smallest absolute Gasteiger partial charge is 0.335 e. The number of carbonyl (C=O) groups is 1. The third-order valence-electron chi connectivity index (χ3n) is 1.32. The van der Waals surface area contributed by atoms with Gasteiger partial charge in [0.1, 0.15) is 0 Å². The molecule has 0 saturated heterocycles. The van der Waals surface area contributed by atoms with Gasteiger partial charge in [0.2, 0.25) is 0 Å². The van der Waals surface area contributed by atoms with Crippen LogP contribution in [0.25, 0.3) is 0 Å². The Morgan fingerprint density at radius 2 is 1.46 bits per heavy atom. The molecular formula is C7H6O5Zr. The van der Waals surface area contributed by atoms with E-state index in [4.69, 9.17) is 20.4 Å². The molecule has 0 unspecified atom stereocenters. The van der Waals surface area contributed by atoms with E-state index in [1.807, 2.05) is 0 Å². The van der Waals surface area contributed by atoms with Crippen molar-refractivity contribution in [3.8, 4) is 17.2 Å². The Labute approximate surface area is 92.4 Å². The number of carboxylic acids is 1. The Balaban J connectivity index is 0.00000144. The van der Waals surface area contributed by atoms with Crippen LogP contribution in [0.3, 0.4) is 0 Å². The van der Waals surface area contributed by atoms with E-state index >= 15 is 0 Å². The van der Waals surface area contributed by atoms with E-state index in [9.17, 15) is 4.79 Å². The van der Waals surface area contributed by atoms with Gasteiger partial charge in [0.25, 0.3) is 0 Å². The topological polar surface area (TPSA) is 98.0 Å². The second-order valence-corrected chi connectivity index (χ2v) is 2.17. The molecule has 0 radical (unpaired) electrons. The molecule has 1 rings (SSSR count). The molecule has 0 aromatic heterocycles. The monoisotopic (exact) mass is 260 g/mol. The Kier molecular flexibility index (Phi) is 3.94. The summed E-state index contributed by atoms with van der Waals surface area (Å²) < 4.78 is 0. The van der Waals surface area contributed by atoms with Crippen molar-refractivity contribution in [1.29, 1.82) is 0 Å². The molecule has 0 saturated carbocycles. The van der Waals surface area contributed by atoms with Gasteiger partial charge in [-0.25, -0.2) is 4.79 Å². The predicted octanol–water partition coefficient (Wildman–Crippen LogP) is 0.499. The maximum atomic E-state index is 10.3. The van der Waals surface area contributed by atoms with E-state index < -0.39 is 23.2 Å². The van der Waals surface area contributed by atoms with E-state index in [-0.39, 0.29) is 31.8 Å². The van der Waals surface area contributed by atoms with Crippen LogP contribution in [0.5, 0.6) is 17.2 Å². The molecule has 0 aliphatic heterocycles. The van der Waals surface area contributed by atoms with Gasteiger partial charge in [-0.3, -0.25) is 0 Å². The van der Waals surface area contributed by atoms with Crippen molar-refractivity contribution >= 4 is 5.97 Å². The fourth-order valence-corrected chi connectivity index (χ4v) is 0.728. The summed E-state index contributed by atoms with van der Waals surface area (Å²) in [7, 11) is 0. The molecule has 1 aromatic rings. The molecule has 1 aromatic carbocycles. The van der Waals surface area contributed by atoms with E-state index in [1.54, 1.807) is 0 Å². The molecular weight excluding hydrogens is 255 g/mol. The summed E-state index contributed by atoms with van der Waals surface area (Å²) in [4.78, 5) is 10.3. The Hall–Kier alpha value is -1.03. The number of hydrogen-bond acceptors (Lipinski definition) is 4. The van der Waals surface area contributed by atoms with Crippen LogP contribution >= 0.6 is 0 Å². The molecule has 13 heavy (non-hydrogen) atoms. The van der Waals surface area contributed by atoms with E-state index in [0.29, 0.717) is 0 Å². The standard InChI is InChI=1S/C7H6O5.Zr/c8-4-1-3(7(11)12)2-5(9)6(4)10;/h1-2,8-10H,(H,11,12);. The van der Waals surface area contributed by atoms with Crippen LogP contribution in [0.1, 0.15) is 10.4 Å². The van der Waals surface area contributed by atoms with Crippen LogP contribution in [-0.4, -0.2) is 26.4 Å². The number of aromatic hydroxyl groups is 3. The first kappa shape index (κ1) is 12.0. The predicted molar refractivity (Wildman–Crippen MR) is 38.4 cm³/mol. The molecule has 0 heterocycles. The average molecular weight is 261 g/mol. The van der Waals surface area contributed by atoms with E-state index in [1.165, 1.54) is 0 Å². The molecule has 0 amide bonds. The van der Waals surface area contributed by atoms with Gasteiger partial charge in [-0.05, 0) is 12.1 Å². The fraction of sp³-hybridized carbons (Fsp3) is 0. The summed E-state index contributed by atoms with van der Waals surface area (Å²) in [5.74, 6) is -3.33. The molecule has 4 N–H and O–H groups in total. The molecule has 0 atom stereocenters. The van der Waals surface area contributed by atoms with Gasteiger partial charge in [-0.1, -0.05) is 0 Å². The minimum absolute atomic E-state index is 0. The molecule has 0 spiro atoms. The molecule has 68 valence electrons. The van der Waals surface area contributed by atoms with Gasteiger partial charge < -0.3 is 20.4 Å². The quantitative estimate of drug-likeness (QED) is 0.552. The van der Waals surface area contributed by atoms with Crippen molar-refractivity contribution in [2.45, 2.75) is 0 Å². The summed E-state index contributed by atoms with van der Waals surface area (Å²) in [6, 6.07) is 1.69. The van der Waals surface area contributed by atoms with Crippen LogP contribution in [0, 0.1) is 0 Å². The van der Waals surface area contributed by atoms with E-state index in [2.05, 4.69) is 0 Å². The molecule has 5 nitrogen and oxygen atoms in total. The summed E-state index contributed by atoms with van der Waals surface area (Å²) in [5, 5.41) is 35.0. The normalized spacial score (nSPS) is 8.92. The van der Waals surface area contributed by atoms with Crippen molar-refractivity contribution in [1.82, 2.24) is 0 Å². The van der Waals surface area contributed by atoms with Crippen molar-refractivity contribution in [2.24, 2.45) is 0 Å².